The third kappa shape index (κ3) is 3.06. The molecule has 1 amide bonds. The van der Waals surface area contributed by atoms with Gasteiger partial charge in [-0.2, -0.15) is 0 Å². The third-order valence-corrected chi connectivity index (χ3v) is 2.96. The van der Waals surface area contributed by atoms with Gasteiger partial charge in [0.2, 0.25) is 0 Å². The van der Waals surface area contributed by atoms with Crippen LogP contribution in [0.2, 0.25) is 0 Å². The minimum absolute atomic E-state index is 0.00115. The second kappa shape index (κ2) is 6.14. The summed E-state index contributed by atoms with van der Waals surface area (Å²) in [6.07, 6.45) is 6.54. The quantitative estimate of drug-likeness (QED) is 0.821. The van der Waals surface area contributed by atoms with Crippen LogP contribution < -0.4 is 5.32 Å². The second-order valence-corrected chi connectivity index (χ2v) is 4.31. The Kier molecular flexibility index (Phi) is 4.28. The summed E-state index contributed by atoms with van der Waals surface area (Å²) in [6, 6.07) is 1.69. The maximum atomic E-state index is 12.2. The molecule has 2 rings (SSSR count). The summed E-state index contributed by atoms with van der Waals surface area (Å²) < 4.78 is 0. The predicted octanol–water partition coefficient (Wildman–Crippen LogP) is 1.70. The zero-order chi connectivity index (χ0) is 12.8. The lowest BCUT2D eigenvalue weighted by molar-refractivity contribution is 0.0718. The number of aromatic nitrogens is 2. The molecule has 1 aromatic rings. The minimum Gasteiger partial charge on any atom is -0.366 e. The number of amides is 1. The first-order valence-corrected chi connectivity index (χ1v) is 6.27. The number of nitrogens with one attached hydrogen (secondary N) is 1. The van der Waals surface area contributed by atoms with E-state index in [1.165, 1.54) is 12.7 Å². The van der Waals surface area contributed by atoms with E-state index in [0.29, 0.717) is 18.1 Å². The maximum Gasteiger partial charge on any atom is 0.272 e. The minimum atomic E-state index is -0.00115. The topological polar surface area (TPSA) is 58.1 Å². The Hall–Kier alpha value is -1.91. The van der Waals surface area contributed by atoms with Crippen LogP contribution in [0.15, 0.2) is 25.0 Å². The summed E-state index contributed by atoms with van der Waals surface area (Å²) in [5.74, 6) is 0.656. The van der Waals surface area contributed by atoms with E-state index < -0.39 is 0 Å². The molecule has 0 atom stereocenters. The van der Waals surface area contributed by atoms with Crippen LogP contribution in [0.4, 0.5) is 5.82 Å². The van der Waals surface area contributed by atoms with Gasteiger partial charge in [0.1, 0.15) is 17.8 Å². The zero-order valence-corrected chi connectivity index (χ0v) is 10.4. The highest BCUT2D eigenvalue weighted by molar-refractivity contribution is 5.92. The Balaban J connectivity index is 2.06. The Labute approximate surface area is 107 Å². The summed E-state index contributed by atoms with van der Waals surface area (Å²) in [5, 5.41) is 3.05. The van der Waals surface area contributed by atoms with Gasteiger partial charge in [0.05, 0.1) is 0 Å². The molecular formula is C13H18N4O. The van der Waals surface area contributed by atoms with Gasteiger partial charge in [0.25, 0.3) is 5.91 Å². The van der Waals surface area contributed by atoms with Crippen LogP contribution >= 0.6 is 0 Å². The molecule has 1 saturated heterocycles. The van der Waals surface area contributed by atoms with Gasteiger partial charge in [0, 0.05) is 25.7 Å². The smallest absolute Gasteiger partial charge is 0.272 e. The molecule has 5 nitrogen and oxygen atoms in total. The van der Waals surface area contributed by atoms with Gasteiger partial charge >= 0.3 is 0 Å². The number of carbonyl (C=O) groups excluding carboxylic acids is 1. The highest BCUT2D eigenvalue weighted by atomic mass is 16.2. The van der Waals surface area contributed by atoms with Gasteiger partial charge in [-0.15, -0.1) is 6.58 Å². The van der Waals surface area contributed by atoms with Crippen molar-refractivity contribution in [2.24, 2.45) is 0 Å². The molecule has 96 valence electrons. The molecule has 0 radical (unpaired) electrons. The highest BCUT2D eigenvalue weighted by Gasteiger charge is 2.19. The number of nitrogens with zero attached hydrogens (tertiary/aromatic N) is 3. The number of piperidine rings is 1. The van der Waals surface area contributed by atoms with E-state index in [1.54, 1.807) is 12.1 Å². The third-order valence-electron chi connectivity index (χ3n) is 2.96. The van der Waals surface area contributed by atoms with Crippen molar-refractivity contribution < 1.29 is 4.79 Å². The molecule has 0 spiro atoms. The van der Waals surface area contributed by atoms with Crippen LogP contribution in [0.5, 0.6) is 0 Å². The summed E-state index contributed by atoms with van der Waals surface area (Å²) >= 11 is 0. The van der Waals surface area contributed by atoms with Crippen LogP contribution in [0.3, 0.4) is 0 Å². The number of carbonyl (C=O) groups is 1. The summed E-state index contributed by atoms with van der Waals surface area (Å²) in [4.78, 5) is 22.2. The molecule has 5 heteroatoms. The first kappa shape index (κ1) is 12.5. The van der Waals surface area contributed by atoms with Crippen molar-refractivity contribution in [3.05, 3.63) is 30.7 Å². The molecule has 1 N–H and O–H groups in total. The van der Waals surface area contributed by atoms with Gasteiger partial charge in [-0.25, -0.2) is 9.97 Å². The average Bonchev–Trinajstić information content (AvgIpc) is 2.45. The van der Waals surface area contributed by atoms with E-state index in [2.05, 4.69) is 21.9 Å². The summed E-state index contributed by atoms with van der Waals surface area (Å²) in [6.45, 7) is 5.91. The van der Waals surface area contributed by atoms with E-state index in [-0.39, 0.29) is 5.91 Å². The van der Waals surface area contributed by atoms with Gasteiger partial charge in [-0.05, 0) is 19.3 Å². The van der Waals surface area contributed by atoms with Crippen molar-refractivity contribution in [2.75, 3.05) is 25.0 Å². The molecule has 0 aliphatic carbocycles. The molecule has 0 bridgehead atoms. The number of anilines is 1. The number of hydrogen-bond acceptors (Lipinski definition) is 4. The van der Waals surface area contributed by atoms with Gasteiger partial charge in [-0.1, -0.05) is 6.08 Å². The average molecular weight is 246 g/mol. The van der Waals surface area contributed by atoms with Crippen molar-refractivity contribution in [3.8, 4) is 0 Å². The Bertz CT molecular complexity index is 427. The molecule has 18 heavy (non-hydrogen) atoms. The van der Waals surface area contributed by atoms with E-state index in [0.717, 1.165) is 25.9 Å². The van der Waals surface area contributed by atoms with E-state index in [4.69, 9.17) is 0 Å². The first-order valence-electron chi connectivity index (χ1n) is 6.27. The summed E-state index contributed by atoms with van der Waals surface area (Å²) in [7, 11) is 0. The Morgan fingerprint density at radius 2 is 2.17 bits per heavy atom. The molecule has 1 fully saturated rings. The van der Waals surface area contributed by atoms with Crippen molar-refractivity contribution >= 4 is 11.7 Å². The standard InChI is InChI=1S/C13H18N4O/c1-2-6-14-12-9-11(15-10-16-12)13(18)17-7-4-3-5-8-17/h2,9-10H,1,3-8H2,(H,14,15,16). The first-order chi connectivity index (χ1) is 8.81. The molecule has 2 heterocycles. The van der Waals surface area contributed by atoms with Crippen LogP contribution in [0.25, 0.3) is 0 Å². The molecular weight excluding hydrogens is 228 g/mol. The van der Waals surface area contributed by atoms with E-state index in [9.17, 15) is 4.79 Å². The van der Waals surface area contributed by atoms with Crippen molar-refractivity contribution in [2.45, 2.75) is 19.3 Å². The molecule has 0 unspecified atom stereocenters. The lowest BCUT2D eigenvalue weighted by Gasteiger charge is -2.26. The molecule has 1 aliphatic rings. The predicted molar refractivity (Wildman–Crippen MR) is 70.5 cm³/mol. The van der Waals surface area contributed by atoms with Gasteiger partial charge in [-0.3, -0.25) is 4.79 Å². The fraction of sp³-hybridized carbons (Fsp3) is 0.462. The van der Waals surface area contributed by atoms with Crippen molar-refractivity contribution in [1.82, 2.24) is 14.9 Å². The van der Waals surface area contributed by atoms with Crippen molar-refractivity contribution in [3.63, 3.8) is 0 Å². The Morgan fingerprint density at radius 3 is 2.89 bits per heavy atom. The normalized spacial score (nSPS) is 15.2. The van der Waals surface area contributed by atoms with Crippen LogP contribution in [-0.4, -0.2) is 40.4 Å². The van der Waals surface area contributed by atoms with Crippen LogP contribution in [-0.2, 0) is 0 Å². The van der Waals surface area contributed by atoms with E-state index >= 15 is 0 Å². The zero-order valence-electron chi connectivity index (χ0n) is 10.4. The SMILES string of the molecule is C=CCNc1cc(C(=O)N2CCCCC2)ncn1. The van der Waals surface area contributed by atoms with Gasteiger partial charge in [0.15, 0.2) is 0 Å². The van der Waals surface area contributed by atoms with Crippen molar-refractivity contribution in [1.29, 1.82) is 0 Å². The number of likely N-dealkylation sites (tertiary alicyclic amines) is 1. The van der Waals surface area contributed by atoms with Gasteiger partial charge < -0.3 is 10.2 Å². The summed E-state index contributed by atoms with van der Waals surface area (Å²) in [5.41, 5.74) is 0.457. The number of rotatable bonds is 4. The monoisotopic (exact) mass is 246 g/mol. The molecule has 0 aromatic carbocycles. The molecule has 0 saturated carbocycles. The highest BCUT2D eigenvalue weighted by Crippen LogP contribution is 2.13. The lowest BCUT2D eigenvalue weighted by Crippen LogP contribution is -2.36. The maximum absolute atomic E-state index is 12.2. The molecule has 1 aliphatic heterocycles. The fourth-order valence-corrected chi connectivity index (χ4v) is 2.01. The van der Waals surface area contributed by atoms with Crippen LogP contribution in [0.1, 0.15) is 29.8 Å². The lowest BCUT2D eigenvalue weighted by atomic mass is 10.1. The number of hydrogen-bond donors (Lipinski definition) is 1. The fourth-order valence-electron chi connectivity index (χ4n) is 2.01. The van der Waals surface area contributed by atoms with Crippen LogP contribution in [0, 0.1) is 0 Å². The second-order valence-electron chi connectivity index (χ2n) is 4.31. The largest absolute Gasteiger partial charge is 0.366 e. The van der Waals surface area contributed by atoms with E-state index in [1.807, 2.05) is 4.90 Å². The Morgan fingerprint density at radius 1 is 1.39 bits per heavy atom. The molecule has 1 aromatic heterocycles.